The summed E-state index contributed by atoms with van der Waals surface area (Å²) >= 11 is 29.3. The van der Waals surface area contributed by atoms with Gasteiger partial charge >= 0.3 is 0 Å². The molecule has 0 fully saturated rings. The zero-order valence-corrected chi connectivity index (χ0v) is 21.9. The maximum absolute atomic E-state index is 12.7. The molecule has 0 saturated heterocycles. The molecule has 184 valence electrons. The van der Waals surface area contributed by atoms with Gasteiger partial charge in [0.05, 0.1) is 16.3 Å². The molecule has 36 heavy (non-hydrogen) atoms. The summed E-state index contributed by atoms with van der Waals surface area (Å²) in [6.45, 7) is -0.285. The van der Waals surface area contributed by atoms with Crippen molar-refractivity contribution < 1.29 is 9.53 Å². The lowest BCUT2D eigenvalue weighted by atomic mass is 10.2. The van der Waals surface area contributed by atoms with Crippen LogP contribution in [0.2, 0.25) is 20.1 Å². The Labute approximate surface area is 230 Å². The number of carbonyl (C=O) groups excluding carboxylic acids is 1. The Morgan fingerprint density at radius 3 is 2.42 bits per heavy atom. The Kier molecular flexibility index (Phi) is 8.12. The number of rotatable bonds is 6. The summed E-state index contributed by atoms with van der Waals surface area (Å²) in [6, 6.07) is 16.6. The first-order valence-electron chi connectivity index (χ1n) is 10.0. The summed E-state index contributed by atoms with van der Waals surface area (Å²) in [5.41, 5.74) is 9.25. The highest BCUT2D eigenvalue weighted by molar-refractivity contribution is 7.80. The second-order valence-electron chi connectivity index (χ2n) is 7.15. The van der Waals surface area contributed by atoms with E-state index in [0.29, 0.717) is 42.8 Å². The summed E-state index contributed by atoms with van der Waals surface area (Å²) in [6.07, 6.45) is 0. The predicted molar refractivity (Wildman–Crippen MR) is 144 cm³/mol. The number of halogens is 4. The first-order valence-corrected chi connectivity index (χ1v) is 12.0. The Morgan fingerprint density at radius 2 is 1.72 bits per heavy atom. The number of hydrazine groups is 1. The maximum atomic E-state index is 12.7. The van der Waals surface area contributed by atoms with Crippen LogP contribution in [0.5, 0.6) is 11.5 Å². The third-order valence-electron chi connectivity index (χ3n) is 4.54. The van der Waals surface area contributed by atoms with Gasteiger partial charge in [0.1, 0.15) is 18.0 Å². The lowest BCUT2D eigenvalue weighted by molar-refractivity contribution is -0.122. The largest absolute Gasteiger partial charge is 0.455 e. The fourth-order valence-corrected chi connectivity index (χ4v) is 4.15. The van der Waals surface area contributed by atoms with Gasteiger partial charge in [-0.15, -0.1) is 10.2 Å². The van der Waals surface area contributed by atoms with Gasteiger partial charge in [0.15, 0.2) is 5.11 Å². The van der Waals surface area contributed by atoms with Crippen LogP contribution in [0.25, 0.3) is 11.4 Å². The molecule has 0 aliphatic carbocycles. The summed E-state index contributed by atoms with van der Waals surface area (Å²) in [4.78, 5) is 13.8. The highest BCUT2D eigenvalue weighted by atomic mass is 35.5. The number of tetrazole rings is 1. The SMILES string of the molecule is NC(=S)N(NC(=O)Cn1nnc(-c2ccccc2Oc2ccc(Cl)cc2Cl)n1)c1cc(Cl)cc(Cl)c1. The van der Waals surface area contributed by atoms with E-state index in [4.69, 9.17) is 69.1 Å². The van der Waals surface area contributed by atoms with Gasteiger partial charge in [-0.05, 0) is 66.0 Å². The van der Waals surface area contributed by atoms with E-state index in [1.807, 2.05) is 0 Å². The van der Waals surface area contributed by atoms with Gasteiger partial charge in [-0.3, -0.25) is 10.2 Å². The van der Waals surface area contributed by atoms with E-state index in [2.05, 4.69) is 20.8 Å². The molecular formula is C22H15Cl4N7O2S. The van der Waals surface area contributed by atoms with Gasteiger partial charge in [0.25, 0.3) is 5.91 Å². The zero-order valence-electron chi connectivity index (χ0n) is 18.0. The molecule has 1 heterocycles. The van der Waals surface area contributed by atoms with Crippen LogP contribution in [0.15, 0.2) is 60.7 Å². The molecule has 0 aliphatic rings. The third kappa shape index (κ3) is 6.34. The van der Waals surface area contributed by atoms with Crippen LogP contribution in [0, 0.1) is 0 Å². The highest BCUT2D eigenvalue weighted by Crippen LogP contribution is 2.35. The van der Waals surface area contributed by atoms with Gasteiger partial charge in [-0.2, -0.15) is 4.80 Å². The van der Waals surface area contributed by atoms with Crippen molar-refractivity contribution in [2.75, 3.05) is 5.01 Å². The van der Waals surface area contributed by atoms with E-state index in [1.54, 1.807) is 54.6 Å². The number of hydrogen-bond donors (Lipinski definition) is 2. The molecule has 0 radical (unpaired) electrons. The van der Waals surface area contributed by atoms with Gasteiger partial charge in [-0.25, -0.2) is 5.01 Å². The fourth-order valence-electron chi connectivity index (χ4n) is 3.04. The van der Waals surface area contributed by atoms with Crippen molar-refractivity contribution in [1.82, 2.24) is 25.6 Å². The van der Waals surface area contributed by atoms with Crippen molar-refractivity contribution in [3.05, 3.63) is 80.8 Å². The second-order valence-corrected chi connectivity index (χ2v) is 9.29. The smallest absolute Gasteiger partial charge is 0.262 e. The molecule has 3 aromatic carbocycles. The molecule has 3 N–H and O–H groups in total. The second kappa shape index (κ2) is 11.3. The Balaban J connectivity index is 1.50. The van der Waals surface area contributed by atoms with Crippen LogP contribution in [-0.4, -0.2) is 31.2 Å². The fraction of sp³-hybridized carbons (Fsp3) is 0.0455. The molecule has 0 saturated carbocycles. The summed E-state index contributed by atoms with van der Waals surface area (Å²) < 4.78 is 5.94. The van der Waals surface area contributed by atoms with Crippen molar-refractivity contribution in [1.29, 1.82) is 0 Å². The standard InChI is InChI=1S/C22H15Cl4N7O2S/c23-12-5-6-19(17(26)10-12)35-18-4-2-1-3-16(18)21-28-31-32(30-21)11-20(34)29-33(22(27)36)15-8-13(24)7-14(25)9-15/h1-10H,11H2,(H2,27,36)(H,29,34). The summed E-state index contributed by atoms with van der Waals surface area (Å²) in [5.74, 6) is 0.541. The molecule has 0 spiro atoms. The minimum atomic E-state index is -0.527. The number of aromatic nitrogens is 4. The molecule has 9 nitrogen and oxygen atoms in total. The number of anilines is 1. The van der Waals surface area contributed by atoms with E-state index in [-0.39, 0.29) is 17.5 Å². The van der Waals surface area contributed by atoms with E-state index in [1.165, 1.54) is 11.1 Å². The quantitative estimate of drug-likeness (QED) is 0.225. The van der Waals surface area contributed by atoms with Crippen LogP contribution < -0.4 is 20.9 Å². The van der Waals surface area contributed by atoms with Crippen LogP contribution in [0.1, 0.15) is 0 Å². The van der Waals surface area contributed by atoms with Crippen molar-refractivity contribution in [2.24, 2.45) is 5.73 Å². The molecule has 4 aromatic rings. The Morgan fingerprint density at radius 1 is 1.00 bits per heavy atom. The lowest BCUT2D eigenvalue weighted by Crippen LogP contribution is -2.50. The van der Waals surface area contributed by atoms with Crippen molar-refractivity contribution >= 4 is 75.3 Å². The molecule has 1 amide bonds. The number of para-hydroxylation sites is 1. The normalized spacial score (nSPS) is 10.7. The van der Waals surface area contributed by atoms with Crippen LogP contribution in [0.3, 0.4) is 0 Å². The lowest BCUT2D eigenvalue weighted by Gasteiger charge is -2.23. The molecule has 1 aromatic heterocycles. The molecule has 0 atom stereocenters. The number of amides is 1. The molecule has 0 aliphatic heterocycles. The van der Waals surface area contributed by atoms with E-state index in [0.717, 1.165) is 4.80 Å². The minimum Gasteiger partial charge on any atom is -0.455 e. The van der Waals surface area contributed by atoms with Crippen molar-refractivity contribution in [3.8, 4) is 22.9 Å². The molecule has 4 rings (SSSR count). The van der Waals surface area contributed by atoms with E-state index in [9.17, 15) is 4.79 Å². The van der Waals surface area contributed by atoms with Crippen molar-refractivity contribution in [3.63, 3.8) is 0 Å². The maximum Gasteiger partial charge on any atom is 0.262 e. The van der Waals surface area contributed by atoms with Gasteiger partial charge in [0, 0.05) is 15.1 Å². The monoisotopic (exact) mass is 581 g/mol. The summed E-state index contributed by atoms with van der Waals surface area (Å²) in [5, 5.41) is 14.8. The first-order chi connectivity index (χ1) is 17.2. The average molecular weight is 583 g/mol. The number of thiocarbonyl (C=S) groups is 1. The van der Waals surface area contributed by atoms with Crippen LogP contribution >= 0.6 is 58.6 Å². The van der Waals surface area contributed by atoms with Gasteiger partial charge < -0.3 is 10.5 Å². The topological polar surface area (TPSA) is 111 Å². The number of nitrogens with zero attached hydrogens (tertiary/aromatic N) is 5. The highest BCUT2D eigenvalue weighted by Gasteiger charge is 2.18. The Bertz CT molecular complexity index is 1430. The minimum absolute atomic E-state index is 0.124. The van der Waals surface area contributed by atoms with Gasteiger partial charge in [-0.1, -0.05) is 58.5 Å². The number of hydrogen-bond acceptors (Lipinski definition) is 6. The molecule has 0 bridgehead atoms. The van der Waals surface area contributed by atoms with Crippen LogP contribution in [0.4, 0.5) is 5.69 Å². The predicted octanol–water partition coefficient (Wildman–Crippen LogP) is 5.53. The zero-order chi connectivity index (χ0) is 25.8. The molecular weight excluding hydrogens is 568 g/mol. The number of nitrogens with one attached hydrogen (secondary N) is 1. The summed E-state index contributed by atoms with van der Waals surface area (Å²) in [7, 11) is 0. The number of carbonyl (C=O) groups is 1. The third-order valence-corrected chi connectivity index (χ3v) is 5.69. The van der Waals surface area contributed by atoms with Crippen molar-refractivity contribution in [2.45, 2.75) is 6.54 Å². The van der Waals surface area contributed by atoms with E-state index < -0.39 is 5.91 Å². The van der Waals surface area contributed by atoms with E-state index >= 15 is 0 Å². The average Bonchev–Trinajstić information content (AvgIpc) is 3.27. The van der Waals surface area contributed by atoms with Gasteiger partial charge in [0.2, 0.25) is 5.82 Å². The molecule has 0 unspecified atom stereocenters. The number of nitrogens with two attached hydrogens (primary N) is 1. The number of ether oxygens (including phenoxy) is 1. The molecule has 14 heteroatoms. The first kappa shape index (κ1) is 25.9. The number of benzene rings is 3. The van der Waals surface area contributed by atoms with Crippen LogP contribution in [-0.2, 0) is 11.3 Å². The Hall–Kier alpha value is -3.15.